The number of aromatic nitrogens is 1. The molecule has 0 fully saturated rings. The molecule has 2 rings (SSSR count). The molecule has 0 atom stereocenters. The van der Waals surface area contributed by atoms with E-state index in [1.807, 2.05) is 0 Å². The Bertz CT molecular complexity index is 721. The van der Waals surface area contributed by atoms with Crippen molar-refractivity contribution in [1.82, 2.24) is 10.3 Å². The van der Waals surface area contributed by atoms with Gasteiger partial charge < -0.3 is 15.4 Å². The van der Waals surface area contributed by atoms with Crippen LogP contribution in [0.5, 0.6) is 0 Å². The Kier molecular flexibility index (Phi) is 4.50. The molecular formula is C15H14N2O4. The lowest BCUT2D eigenvalue weighted by Gasteiger charge is -2.05. The highest BCUT2D eigenvalue weighted by atomic mass is 16.4. The van der Waals surface area contributed by atoms with Crippen LogP contribution in [0.1, 0.15) is 26.3 Å². The van der Waals surface area contributed by atoms with Crippen LogP contribution in [0.25, 0.3) is 0 Å². The van der Waals surface area contributed by atoms with Gasteiger partial charge in [0.05, 0.1) is 5.56 Å². The molecule has 0 spiro atoms. The van der Waals surface area contributed by atoms with Crippen LogP contribution in [0.3, 0.4) is 0 Å². The second kappa shape index (κ2) is 6.51. The van der Waals surface area contributed by atoms with Crippen LogP contribution in [0.2, 0.25) is 0 Å². The van der Waals surface area contributed by atoms with E-state index in [4.69, 9.17) is 5.11 Å². The van der Waals surface area contributed by atoms with E-state index in [0.29, 0.717) is 13.0 Å². The number of carboxylic acids is 1. The summed E-state index contributed by atoms with van der Waals surface area (Å²) in [4.78, 5) is 36.8. The number of amides is 1. The molecule has 0 aliphatic rings. The van der Waals surface area contributed by atoms with Gasteiger partial charge in [-0.1, -0.05) is 12.1 Å². The smallest absolute Gasteiger partial charge is 0.335 e. The Labute approximate surface area is 120 Å². The number of hydrogen-bond acceptors (Lipinski definition) is 3. The number of aromatic carboxylic acids is 1. The van der Waals surface area contributed by atoms with Crippen molar-refractivity contribution in [3.8, 4) is 0 Å². The number of aromatic amines is 1. The molecule has 2 aromatic rings. The zero-order chi connectivity index (χ0) is 15.2. The van der Waals surface area contributed by atoms with E-state index in [1.165, 1.54) is 24.5 Å². The molecule has 0 aliphatic carbocycles. The van der Waals surface area contributed by atoms with Gasteiger partial charge in [0.25, 0.3) is 5.91 Å². The van der Waals surface area contributed by atoms with Crippen LogP contribution in [0.4, 0.5) is 0 Å². The molecule has 6 heteroatoms. The molecule has 0 unspecified atom stereocenters. The highest BCUT2D eigenvalue weighted by Crippen LogP contribution is 2.05. The van der Waals surface area contributed by atoms with Crippen LogP contribution in [0.15, 0.2) is 47.5 Å². The molecule has 6 nitrogen and oxygen atoms in total. The maximum atomic E-state index is 11.8. The van der Waals surface area contributed by atoms with Gasteiger partial charge in [-0.05, 0) is 24.1 Å². The molecule has 0 saturated heterocycles. The maximum Gasteiger partial charge on any atom is 0.335 e. The van der Waals surface area contributed by atoms with Gasteiger partial charge in [0.1, 0.15) is 5.56 Å². The highest BCUT2D eigenvalue weighted by Gasteiger charge is 2.09. The average Bonchev–Trinajstić information content (AvgIpc) is 2.48. The normalized spacial score (nSPS) is 10.1. The van der Waals surface area contributed by atoms with Gasteiger partial charge in [0.15, 0.2) is 5.43 Å². The van der Waals surface area contributed by atoms with E-state index in [1.54, 1.807) is 18.2 Å². The number of carboxylic acid groups (broad SMARTS) is 1. The third kappa shape index (κ3) is 3.79. The van der Waals surface area contributed by atoms with E-state index >= 15 is 0 Å². The standard InChI is InChI=1S/C15H14N2O4/c18-13-5-6-16-9-12(13)14(19)17-7-4-10-2-1-3-11(8-10)15(20)21/h1-3,5-6,8-9H,4,7H2,(H,16,18)(H,17,19)(H,20,21). The molecule has 1 heterocycles. The lowest BCUT2D eigenvalue weighted by molar-refractivity contribution is 0.0696. The van der Waals surface area contributed by atoms with Crippen LogP contribution >= 0.6 is 0 Å². The van der Waals surface area contributed by atoms with Gasteiger partial charge in [0.2, 0.25) is 0 Å². The Morgan fingerprint density at radius 1 is 1.24 bits per heavy atom. The number of benzene rings is 1. The van der Waals surface area contributed by atoms with Crippen molar-refractivity contribution in [1.29, 1.82) is 0 Å². The van der Waals surface area contributed by atoms with Crippen molar-refractivity contribution in [2.45, 2.75) is 6.42 Å². The second-order valence-electron chi connectivity index (χ2n) is 4.43. The molecular weight excluding hydrogens is 272 g/mol. The quantitative estimate of drug-likeness (QED) is 0.764. The molecule has 0 radical (unpaired) electrons. The van der Waals surface area contributed by atoms with Crippen molar-refractivity contribution in [2.24, 2.45) is 0 Å². The summed E-state index contributed by atoms with van der Waals surface area (Å²) in [6.45, 7) is 0.316. The number of H-pyrrole nitrogens is 1. The number of hydrogen-bond donors (Lipinski definition) is 3. The van der Waals surface area contributed by atoms with Gasteiger partial charge in [-0.2, -0.15) is 0 Å². The number of carbonyl (C=O) groups is 2. The monoisotopic (exact) mass is 286 g/mol. The van der Waals surface area contributed by atoms with Crippen LogP contribution in [-0.2, 0) is 6.42 Å². The third-order valence-electron chi connectivity index (χ3n) is 2.94. The second-order valence-corrected chi connectivity index (χ2v) is 4.43. The summed E-state index contributed by atoms with van der Waals surface area (Å²) in [6, 6.07) is 7.79. The molecule has 0 aliphatic heterocycles. The van der Waals surface area contributed by atoms with Crippen LogP contribution in [0, 0.1) is 0 Å². The Balaban J connectivity index is 1.94. The van der Waals surface area contributed by atoms with Crippen LogP contribution < -0.4 is 10.7 Å². The first kappa shape index (κ1) is 14.5. The topological polar surface area (TPSA) is 99.3 Å². The van der Waals surface area contributed by atoms with Crippen molar-refractivity contribution in [3.63, 3.8) is 0 Å². The summed E-state index contributed by atoms with van der Waals surface area (Å²) >= 11 is 0. The minimum atomic E-state index is -0.989. The first-order chi connectivity index (χ1) is 10.1. The molecule has 1 aromatic carbocycles. The fraction of sp³-hybridized carbons (Fsp3) is 0.133. The lowest BCUT2D eigenvalue weighted by atomic mass is 10.1. The van der Waals surface area contributed by atoms with Crippen LogP contribution in [-0.4, -0.2) is 28.5 Å². The number of carbonyl (C=O) groups excluding carboxylic acids is 1. The predicted octanol–water partition coefficient (Wildman–Crippen LogP) is 1.05. The van der Waals surface area contributed by atoms with Gasteiger partial charge in [-0.25, -0.2) is 4.79 Å². The van der Waals surface area contributed by atoms with Gasteiger partial charge >= 0.3 is 5.97 Å². The summed E-state index contributed by atoms with van der Waals surface area (Å²) in [6.07, 6.45) is 3.29. The molecule has 108 valence electrons. The summed E-state index contributed by atoms with van der Waals surface area (Å²) in [5, 5.41) is 11.5. The van der Waals surface area contributed by atoms with Gasteiger partial charge in [-0.15, -0.1) is 0 Å². The molecule has 0 saturated carbocycles. The van der Waals surface area contributed by atoms with E-state index in [2.05, 4.69) is 10.3 Å². The van der Waals surface area contributed by atoms with Crippen molar-refractivity contribution in [2.75, 3.05) is 6.54 Å². The Morgan fingerprint density at radius 3 is 2.76 bits per heavy atom. The largest absolute Gasteiger partial charge is 0.478 e. The fourth-order valence-corrected chi connectivity index (χ4v) is 1.87. The number of pyridine rings is 1. The predicted molar refractivity (Wildman–Crippen MR) is 76.5 cm³/mol. The van der Waals surface area contributed by atoms with E-state index in [-0.39, 0.29) is 16.6 Å². The Morgan fingerprint density at radius 2 is 2.05 bits per heavy atom. The molecule has 0 bridgehead atoms. The van der Waals surface area contributed by atoms with E-state index in [9.17, 15) is 14.4 Å². The first-order valence-corrected chi connectivity index (χ1v) is 6.35. The summed E-state index contributed by atoms with van der Waals surface area (Å²) in [5.41, 5.74) is 0.714. The van der Waals surface area contributed by atoms with Gasteiger partial charge in [0, 0.05) is 25.0 Å². The van der Waals surface area contributed by atoms with Crippen molar-refractivity contribution in [3.05, 3.63) is 69.6 Å². The van der Waals surface area contributed by atoms with E-state index < -0.39 is 11.9 Å². The van der Waals surface area contributed by atoms with Crippen molar-refractivity contribution < 1.29 is 14.7 Å². The average molecular weight is 286 g/mol. The van der Waals surface area contributed by atoms with Crippen molar-refractivity contribution >= 4 is 11.9 Å². The fourth-order valence-electron chi connectivity index (χ4n) is 1.87. The summed E-state index contributed by atoms with van der Waals surface area (Å²) in [5.74, 6) is -1.44. The Hall–Kier alpha value is -2.89. The molecule has 3 N–H and O–H groups in total. The minimum Gasteiger partial charge on any atom is -0.478 e. The number of nitrogens with one attached hydrogen (secondary N) is 2. The molecule has 1 amide bonds. The third-order valence-corrected chi connectivity index (χ3v) is 2.94. The van der Waals surface area contributed by atoms with E-state index in [0.717, 1.165) is 5.56 Å². The number of rotatable bonds is 5. The SMILES string of the molecule is O=C(O)c1cccc(CCNC(=O)c2c[nH]ccc2=O)c1. The zero-order valence-electron chi connectivity index (χ0n) is 11.1. The summed E-state index contributed by atoms with van der Waals surface area (Å²) in [7, 11) is 0. The molecule has 21 heavy (non-hydrogen) atoms. The highest BCUT2D eigenvalue weighted by molar-refractivity contribution is 5.93. The summed E-state index contributed by atoms with van der Waals surface area (Å²) < 4.78 is 0. The lowest BCUT2D eigenvalue weighted by Crippen LogP contribution is -2.30. The zero-order valence-corrected chi connectivity index (χ0v) is 11.1. The maximum absolute atomic E-state index is 11.8. The minimum absolute atomic E-state index is 0.0526. The molecule has 1 aromatic heterocycles. The first-order valence-electron chi connectivity index (χ1n) is 6.35. The van der Waals surface area contributed by atoms with Gasteiger partial charge in [-0.3, -0.25) is 9.59 Å².